The van der Waals surface area contributed by atoms with Gasteiger partial charge in [0, 0.05) is 17.8 Å². The topological polar surface area (TPSA) is 77.9 Å². The largest absolute Gasteiger partial charge is 0.454 e. The van der Waals surface area contributed by atoms with Gasteiger partial charge < -0.3 is 9.73 Å². The van der Waals surface area contributed by atoms with Crippen molar-refractivity contribution in [1.29, 1.82) is 0 Å². The van der Waals surface area contributed by atoms with E-state index in [1.54, 1.807) is 17.7 Å². The zero-order valence-electron chi connectivity index (χ0n) is 17.3. The van der Waals surface area contributed by atoms with Crippen LogP contribution in [0, 0.1) is 37.1 Å². The maximum atomic E-state index is 13.9. The van der Waals surface area contributed by atoms with Gasteiger partial charge in [-0.2, -0.15) is 10.2 Å². The Hall–Kier alpha value is -3.60. The average molecular weight is 482 g/mol. The van der Waals surface area contributed by atoms with Gasteiger partial charge in [-0.25, -0.2) is 17.6 Å². The van der Waals surface area contributed by atoms with Crippen LogP contribution in [0.15, 0.2) is 35.0 Å². The molecule has 12 heteroatoms. The number of furan rings is 1. The van der Waals surface area contributed by atoms with Gasteiger partial charge >= 0.3 is 0 Å². The molecular weight excluding hydrogens is 466 g/mol. The number of nitrogens with one attached hydrogen (secondary N) is 1. The second-order valence-electron chi connectivity index (χ2n) is 7.24. The van der Waals surface area contributed by atoms with Crippen LogP contribution in [-0.4, -0.2) is 25.5 Å². The molecule has 33 heavy (non-hydrogen) atoms. The SMILES string of the molecule is Cc1nn(Cc2ccc(C(=O)Nc3cnn(Cc4c(F)cc(F)c(F)c4F)c3)o2)c(C)c1Cl. The Morgan fingerprint density at radius 1 is 1.12 bits per heavy atom. The normalized spacial score (nSPS) is 11.2. The van der Waals surface area contributed by atoms with Crippen LogP contribution in [0.5, 0.6) is 0 Å². The summed E-state index contributed by atoms with van der Waals surface area (Å²) in [5.41, 5.74) is 0.943. The van der Waals surface area contributed by atoms with Crippen molar-refractivity contribution in [2.24, 2.45) is 0 Å². The lowest BCUT2D eigenvalue weighted by molar-refractivity contribution is 0.0994. The number of hydrogen-bond donors (Lipinski definition) is 1. The fourth-order valence-corrected chi connectivity index (χ4v) is 3.32. The fourth-order valence-electron chi connectivity index (χ4n) is 3.18. The van der Waals surface area contributed by atoms with E-state index in [0.717, 1.165) is 10.4 Å². The predicted molar refractivity (Wildman–Crippen MR) is 110 cm³/mol. The summed E-state index contributed by atoms with van der Waals surface area (Å²) >= 11 is 6.13. The second-order valence-corrected chi connectivity index (χ2v) is 7.61. The van der Waals surface area contributed by atoms with Gasteiger partial charge in [-0.05, 0) is 26.0 Å². The van der Waals surface area contributed by atoms with E-state index in [9.17, 15) is 22.4 Å². The van der Waals surface area contributed by atoms with E-state index in [-0.39, 0.29) is 24.1 Å². The molecule has 1 amide bonds. The Morgan fingerprint density at radius 3 is 2.58 bits per heavy atom. The molecule has 0 fully saturated rings. The van der Waals surface area contributed by atoms with E-state index >= 15 is 0 Å². The van der Waals surface area contributed by atoms with E-state index in [0.29, 0.717) is 16.5 Å². The molecule has 4 aromatic rings. The Morgan fingerprint density at radius 2 is 1.88 bits per heavy atom. The van der Waals surface area contributed by atoms with Crippen LogP contribution in [0.25, 0.3) is 0 Å². The van der Waals surface area contributed by atoms with Crippen molar-refractivity contribution in [2.45, 2.75) is 26.9 Å². The first-order valence-corrected chi connectivity index (χ1v) is 9.95. The van der Waals surface area contributed by atoms with Crippen LogP contribution < -0.4 is 5.32 Å². The summed E-state index contributed by atoms with van der Waals surface area (Å²) in [6.45, 7) is 3.35. The highest BCUT2D eigenvalue weighted by atomic mass is 35.5. The third-order valence-electron chi connectivity index (χ3n) is 4.90. The summed E-state index contributed by atoms with van der Waals surface area (Å²) in [6.07, 6.45) is 2.51. The molecular formula is C21H16ClF4N5O2. The molecule has 0 saturated carbocycles. The van der Waals surface area contributed by atoms with E-state index in [1.165, 1.54) is 18.5 Å². The Kier molecular flexibility index (Phi) is 5.98. The van der Waals surface area contributed by atoms with E-state index in [4.69, 9.17) is 16.0 Å². The van der Waals surface area contributed by atoms with Crippen molar-refractivity contribution in [3.8, 4) is 0 Å². The second kappa shape index (κ2) is 8.74. The number of halogens is 5. The molecule has 0 spiro atoms. The van der Waals surface area contributed by atoms with E-state index in [2.05, 4.69) is 15.5 Å². The third-order valence-corrected chi connectivity index (χ3v) is 5.45. The quantitative estimate of drug-likeness (QED) is 0.243. The molecule has 1 aromatic carbocycles. The minimum Gasteiger partial charge on any atom is -0.454 e. The lowest BCUT2D eigenvalue weighted by Gasteiger charge is -2.06. The summed E-state index contributed by atoms with van der Waals surface area (Å²) in [6, 6.07) is 3.36. The number of carbonyl (C=O) groups is 1. The maximum absolute atomic E-state index is 13.9. The monoisotopic (exact) mass is 481 g/mol. The summed E-state index contributed by atoms with van der Waals surface area (Å²) in [5, 5.41) is 11.3. The molecule has 0 bridgehead atoms. The molecule has 0 aliphatic heterocycles. The first kappa shape index (κ1) is 22.6. The highest BCUT2D eigenvalue weighted by molar-refractivity contribution is 6.31. The number of aryl methyl sites for hydroxylation is 1. The van der Waals surface area contributed by atoms with Gasteiger partial charge in [0.2, 0.25) is 0 Å². The van der Waals surface area contributed by atoms with Crippen LogP contribution in [-0.2, 0) is 13.1 Å². The number of aromatic nitrogens is 4. The third kappa shape index (κ3) is 4.49. The summed E-state index contributed by atoms with van der Waals surface area (Å²) in [7, 11) is 0. The van der Waals surface area contributed by atoms with Crippen LogP contribution in [0.2, 0.25) is 5.02 Å². The Balaban J connectivity index is 1.43. The van der Waals surface area contributed by atoms with Gasteiger partial charge in [-0.15, -0.1) is 0 Å². The van der Waals surface area contributed by atoms with Crippen molar-refractivity contribution in [3.05, 3.63) is 87.4 Å². The fraction of sp³-hybridized carbons (Fsp3) is 0.190. The highest BCUT2D eigenvalue weighted by Crippen LogP contribution is 2.22. The molecule has 172 valence electrons. The van der Waals surface area contributed by atoms with Gasteiger partial charge in [0.05, 0.1) is 41.4 Å². The zero-order chi connectivity index (χ0) is 23.9. The first-order valence-electron chi connectivity index (χ1n) is 9.58. The molecule has 0 aliphatic rings. The number of carbonyl (C=O) groups excluding carboxylic acids is 1. The van der Waals surface area contributed by atoms with Gasteiger partial charge in [-0.1, -0.05) is 11.6 Å². The standard InChI is InChI=1S/C21H16ClF4N5O2/c1-10-18(22)11(2)31(29-10)8-13-3-4-17(33-13)21(32)28-12-6-27-30(7-12)9-14-15(23)5-16(24)20(26)19(14)25/h3-7H,8-9H2,1-2H3,(H,28,32). The van der Waals surface area contributed by atoms with Crippen molar-refractivity contribution in [3.63, 3.8) is 0 Å². The van der Waals surface area contributed by atoms with E-state index < -0.39 is 41.3 Å². The molecule has 1 N–H and O–H groups in total. The van der Waals surface area contributed by atoms with Crippen molar-refractivity contribution < 1.29 is 26.8 Å². The number of anilines is 1. The first-order chi connectivity index (χ1) is 15.6. The predicted octanol–water partition coefficient (Wildman–Crippen LogP) is 4.85. The molecule has 0 aliphatic carbocycles. The van der Waals surface area contributed by atoms with Crippen LogP contribution >= 0.6 is 11.6 Å². The Labute approximate surface area is 189 Å². The maximum Gasteiger partial charge on any atom is 0.291 e. The molecule has 3 aromatic heterocycles. The van der Waals surface area contributed by atoms with Gasteiger partial charge in [0.25, 0.3) is 5.91 Å². The van der Waals surface area contributed by atoms with Crippen molar-refractivity contribution >= 4 is 23.2 Å². The molecule has 4 rings (SSSR count). The zero-order valence-corrected chi connectivity index (χ0v) is 18.1. The summed E-state index contributed by atoms with van der Waals surface area (Å²) in [4.78, 5) is 12.5. The number of rotatable bonds is 6. The molecule has 0 radical (unpaired) electrons. The average Bonchev–Trinajstić information content (AvgIpc) is 3.48. The summed E-state index contributed by atoms with van der Waals surface area (Å²) < 4.78 is 62.5. The number of hydrogen-bond acceptors (Lipinski definition) is 4. The number of benzene rings is 1. The minimum atomic E-state index is -1.77. The van der Waals surface area contributed by atoms with Crippen LogP contribution in [0.1, 0.15) is 33.3 Å². The number of amides is 1. The molecule has 0 saturated heterocycles. The highest BCUT2D eigenvalue weighted by Gasteiger charge is 2.20. The van der Waals surface area contributed by atoms with Crippen LogP contribution in [0.4, 0.5) is 23.2 Å². The molecule has 3 heterocycles. The lowest BCUT2D eigenvalue weighted by Crippen LogP contribution is -2.11. The van der Waals surface area contributed by atoms with Crippen molar-refractivity contribution in [1.82, 2.24) is 19.6 Å². The Bertz CT molecular complexity index is 1360. The van der Waals surface area contributed by atoms with Gasteiger partial charge in [-0.3, -0.25) is 14.2 Å². The molecule has 0 atom stereocenters. The van der Waals surface area contributed by atoms with E-state index in [1.807, 2.05) is 6.92 Å². The van der Waals surface area contributed by atoms with Gasteiger partial charge in [0.15, 0.2) is 23.2 Å². The smallest absolute Gasteiger partial charge is 0.291 e. The lowest BCUT2D eigenvalue weighted by atomic mass is 10.2. The van der Waals surface area contributed by atoms with Crippen LogP contribution in [0.3, 0.4) is 0 Å². The summed E-state index contributed by atoms with van der Waals surface area (Å²) in [5.74, 6) is -6.38. The van der Waals surface area contributed by atoms with Crippen molar-refractivity contribution in [2.75, 3.05) is 5.32 Å². The molecule has 7 nitrogen and oxygen atoms in total. The number of nitrogens with zero attached hydrogens (tertiary/aromatic N) is 4. The van der Waals surface area contributed by atoms with Gasteiger partial charge in [0.1, 0.15) is 11.6 Å². The minimum absolute atomic E-state index is 0.0167. The molecule has 0 unspecified atom stereocenters.